The average molecular weight is 362 g/mol. The largest absolute Gasteiger partial charge is 0.573 e. The summed E-state index contributed by atoms with van der Waals surface area (Å²) in [5, 5.41) is 12.4. The Bertz CT molecular complexity index is 632. The fraction of sp³-hybridized carbons (Fsp3) is 0.143. The molecule has 0 spiro atoms. The minimum atomic E-state index is -4.72. The number of halogens is 4. The monoisotopic (exact) mass is 361 g/mol. The van der Waals surface area contributed by atoms with E-state index in [0.717, 1.165) is 5.56 Å². The van der Waals surface area contributed by atoms with Crippen molar-refractivity contribution in [2.24, 2.45) is 0 Å². The molecule has 2 aromatic carbocycles. The van der Waals surface area contributed by atoms with Gasteiger partial charge in [-0.3, -0.25) is 0 Å². The van der Waals surface area contributed by atoms with Gasteiger partial charge in [0.1, 0.15) is 11.5 Å². The van der Waals surface area contributed by atoms with Crippen LogP contribution in [-0.2, 0) is 6.54 Å². The molecule has 0 atom stereocenters. The Morgan fingerprint density at radius 3 is 2.52 bits per heavy atom. The maximum absolute atomic E-state index is 12.1. The molecule has 7 heteroatoms. The summed E-state index contributed by atoms with van der Waals surface area (Å²) in [6, 6.07) is 10.9. The van der Waals surface area contributed by atoms with E-state index in [1.807, 2.05) is 6.07 Å². The van der Waals surface area contributed by atoms with Crippen molar-refractivity contribution in [2.75, 3.05) is 5.32 Å². The summed E-state index contributed by atoms with van der Waals surface area (Å²) in [4.78, 5) is 0. The third-order valence-corrected chi connectivity index (χ3v) is 3.18. The number of benzene rings is 2. The molecule has 0 heterocycles. The van der Waals surface area contributed by atoms with Gasteiger partial charge >= 0.3 is 6.36 Å². The molecule has 21 heavy (non-hydrogen) atoms. The Hall–Kier alpha value is -1.89. The van der Waals surface area contributed by atoms with E-state index in [4.69, 9.17) is 0 Å². The zero-order valence-electron chi connectivity index (χ0n) is 10.6. The van der Waals surface area contributed by atoms with Crippen molar-refractivity contribution in [3.63, 3.8) is 0 Å². The highest BCUT2D eigenvalue weighted by Crippen LogP contribution is 2.32. The second-order valence-electron chi connectivity index (χ2n) is 4.22. The highest BCUT2D eigenvalue weighted by molar-refractivity contribution is 9.10. The minimum Gasteiger partial charge on any atom is -0.508 e. The van der Waals surface area contributed by atoms with Gasteiger partial charge < -0.3 is 15.2 Å². The number of phenolic OH excluding ortho intramolecular Hbond substituents is 1. The standard InChI is InChI=1S/C14H11BrF3NO2/c15-12-7-10(4-5-13(12)21-14(16,17)18)19-8-9-2-1-3-11(20)6-9/h1-7,19-20H,8H2. The molecular formula is C14H11BrF3NO2. The summed E-state index contributed by atoms with van der Waals surface area (Å²) in [6.45, 7) is 0.431. The molecule has 0 bridgehead atoms. The summed E-state index contributed by atoms with van der Waals surface area (Å²) in [5.74, 6) is -0.144. The molecule has 0 aromatic heterocycles. The zero-order valence-corrected chi connectivity index (χ0v) is 12.2. The summed E-state index contributed by atoms with van der Waals surface area (Å²) >= 11 is 3.03. The number of anilines is 1. The molecule has 2 rings (SSSR count). The molecule has 0 fully saturated rings. The molecule has 0 aliphatic heterocycles. The van der Waals surface area contributed by atoms with Crippen LogP contribution >= 0.6 is 15.9 Å². The van der Waals surface area contributed by atoms with Gasteiger partial charge in [-0.1, -0.05) is 12.1 Å². The highest BCUT2D eigenvalue weighted by atomic mass is 79.9. The average Bonchev–Trinajstić information content (AvgIpc) is 2.38. The third kappa shape index (κ3) is 4.86. The van der Waals surface area contributed by atoms with Gasteiger partial charge in [0.2, 0.25) is 0 Å². The fourth-order valence-electron chi connectivity index (χ4n) is 1.69. The van der Waals surface area contributed by atoms with Gasteiger partial charge in [-0.15, -0.1) is 13.2 Å². The summed E-state index contributed by atoms with van der Waals surface area (Å²) < 4.78 is 40.5. The number of rotatable bonds is 4. The van der Waals surface area contributed by atoms with Crippen LogP contribution in [0.15, 0.2) is 46.9 Å². The van der Waals surface area contributed by atoms with Crippen molar-refractivity contribution < 1.29 is 23.0 Å². The Morgan fingerprint density at radius 2 is 1.90 bits per heavy atom. The maximum Gasteiger partial charge on any atom is 0.573 e. The zero-order chi connectivity index (χ0) is 15.5. The maximum atomic E-state index is 12.1. The lowest BCUT2D eigenvalue weighted by Gasteiger charge is -2.12. The predicted molar refractivity (Wildman–Crippen MR) is 76.3 cm³/mol. The van der Waals surface area contributed by atoms with Crippen molar-refractivity contribution >= 4 is 21.6 Å². The van der Waals surface area contributed by atoms with E-state index >= 15 is 0 Å². The second kappa shape index (κ2) is 6.26. The van der Waals surface area contributed by atoms with Crippen LogP contribution in [0.1, 0.15) is 5.56 Å². The summed E-state index contributed by atoms with van der Waals surface area (Å²) in [7, 11) is 0. The Morgan fingerprint density at radius 1 is 1.14 bits per heavy atom. The van der Waals surface area contributed by atoms with Crippen LogP contribution in [0.3, 0.4) is 0 Å². The molecule has 0 unspecified atom stereocenters. The molecule has 2 aromatic rings. The van der Waals surface area contributed by atoms with Gasteiger partial charge in [0.05, 0.1) is 4.47 Å². The molecule has 0 radical (unpaired) electrons. The number of alkyl halides is 3. The van der Waals surface area contributed by atoms with E-state index in [9.17, 15) is 18.3 Å². The third-order valence-electron chi connectivity index (χ3n) is 2.56. The van der Waals surface area contributed by atoms with Gasteiger partial charge in [-0.05, 0) is 51.8 Å². The van der Waals surface area contributed by atoms with Crippen LogP contribution < -0.4 is 10.1 Å². The first-order chi connectivity index (χ1) is 9.83. The molecule has 112 valence electrons. The van der Waals surface area contributed by atoms with E-state index in [0.29, 0.717) is 12.2 Å². The lowest BCUT2D eigenvalue weighted by Crippen LogP contribution is -2.17. The lowest BCUT2D eigenvalue weighted by molar-refractivity contribution is -0.274. The number of hydrogen-bond acceptors (Lipinski definition) is 3. The van der Waals surface area contributed by atoms with E-state index in [1.54, 1.807) is 18.2 Å². The van der Waals surface area contributed by atoms with Crippen LogP contribution in [0.25, 0.3) is 0 Å². The van der Waals surface area contributed by atoms with E-state index in [-0.39, 0.29) is 16.0 Å². The first-order valence-corrected chi connectivity index (χ1v) is 6.70. The Balaban J connectivity index is 2.03. The van der Waals surface area contributed by atoms with Crippen LogP contribution in [0, 0.1) is 0 Å². The quantitative estimate of drug-likeness (QED) is 0.831. The van der Waals surface area contributed by atoms with Gasteiger partial charge in [-0.25, -0.2) is 0 Å². The van der Waals surface area contributed by atoms with Crippen molar-refractivity contribution in [3.8, 4) is 11.5 Å². The van der Waals surface area contributed by atoms with Gasteiger partial charge in [0, 0.05) is 12.2 Å². The summed E-state index contributed by atoms with van der Waals surface area (Å²) in [5.41, 5.74) is 1.47. The first kappa shape index (κ1) is 15.5. The molecule has 2 N–H and O–H groups in total. The van der Waals surface area contributed by atoms with Gasteiger partial charge in [-0.2, -0.15) is 0 Å². The number of nitrogens with one attached hydrogen (secondary N) is 1. The molecule has 0 saturated carbocycles. The molecule has 0 amide bonds. The number of hydrogen-bond donors (Lipinski definition) is 2. The first-order valence-electron chi connectivity index (χ1n) is 5.90. The SMILES string of the molecule is Oc1cccc(CNc2ccc(OC(F)(F)F)c(Br)c2)c1. The molecular weight excluding hydrogens is 351 g/mol. The van der Waals surface area contributed by atoms with E-state index in [2.05, 4.69) is 26.0 Å². The number of ether oxygens (including phenoxy) is 1. The Kier molecular flexibility index (Phi) is 4.62. The molecule has 0 saturated heterocycles. The van der Waals surface area contributed by atoms with Crippen molar-refractivity contribution in [1.29, 1.82) is 0 Å². The number of phenols is 1. The second-order valence-corrected chi connectivity index (χ2v) is 5.07. The summed E-state index contributed by atoms with van der Waals surface area (Å²) in [6.07, 6.45) is -4.72. The van der Waals surface area contributed by atoms with Crippen LogP contribution in [0.4, 0.5) is 18.9 Å². The minimum absolute atomic E-state index is 0.157. The number of aromatic hydroxyl groups is 1. The van der Waals surface area contributed by atoms with Crippen LogP contribution in [-0.4, -0.2) is 11.5 Å². The molecule has 3 nitrogen and oxygen atoms in total. The van der Waals surface area contributed by atoms with Crippen molar-refractivity contribution in [3.05, 3.63) is 52.5 Å². The smallest absolute Gasteiger partial charge is 0.508 e. The predicted octanol–water partition coefficient (Wildman–Crippen LogP) is 4.67. The van der Waals surface area contributed by atoms with Gasteiger partial charge in [0.25, 0.3) is 0 Å². The normalized spacial score (nSPS) is 11.2. The Labute approximate surface area is 127 Å². The molecule has 0 aliphatic rings. The lowest BCUT2D eigenvalue weighted by atomic mass is 10.2. The van der Waals surface area contributed by atoms with Crippen molar-refractivity contribution in [2.45, 2.75) is 12.9 Å². The highest BCUT2D eigenvalue weighted by Gasteiger charge is 2.31. The van der Waals surface area contributed by atoms with Crippen LogP contribution in [0.2, 0.25) is 0 Å². The van der Waals surface area contributed by atoms with E-state index in [1.165, 1.54) is 18.2 Å². The van der Waals surface area contributed by atoms with Crippen molar-refractivity contribution in [1.82, 2.24) is 0 Å². The fourth-order valence-corrected chi connectivity index (χ4v) is 2.15. The van der Waals surface area contributed by atoms with Gasteiger partial charge in [0.15, 0.2) is 0 Å². The topological polar surface area (TPSA) is 41.5 Å². The molecule has 0 aliphatic carbocycles. The van der Waals surface area contributed by atoms with E-state index < -0.39 is 6.36 Å². The van der Waals surface area contributed by atoms with Crippen LogP contribution in [0.5, 0.6) is 11.5 Å².